The van der Waals surface area contributed by atoms with Crippen molar-refractivity contribution < 1.29 is 14.3 Å². The van der Waals surface area contributed by atoms with Crippen LogP contribution in [0, 0.1) is 6.92 Å². The first kappa shape index (κ1) is 25.4. The van der Waals surface area contributed by atoms with E-state index in [9.17, 15) is 9.59 Å². The van der Waals surface area contributed by atoms with Crippen molar-refractivity contribution in [1.29, 1.82) is 0 Å². The number of nitrogens with one attached hydrogen (secondary N) is 2. The lowest BCUT2D eigenvalue weighted by Gasteiger charge is -2.35. The van der Waals surface area contributed by atoms with E-state index in [1.165, 1.54) is 6.08 Å². The molecule has 0 bridgehead atoms. The van der Waals surface area contributed by atoms with E-state index in [0.29, 0.717) is 49.1 Å². The van der Waals surface area contributed by atoms with Crippen LogP contribution in [0.5, 0.6) is 5.75 Å². The molecule has 10 heteroatoms. The Morgan fingerprint density at radius 3 is 2.53 bits per heavy atom. The van der Waals surface area contributed by atoms with E-state index in [1.54, 1.807) is 30.3 Å². The predicted octanol–water partition coefficient (Wildman–Crippen LogP) is 2.20. The molecule has 2 aliphatic rings. The minimum atomic E-state index is -0.0997. The second kappa shape index (κ2) is 11.4. The number of benzene rings is 1. The van der Waals surface area contributed by atoms with Gasteiger partial charge in [0.25, 0.3) is 5.91 Å². The Hall–Kier alpha value is -3.66. The molecule has 0 unspecified atom stereocenters. The average Bonchev–Trinajstić information content (AvgIpc) is 2.90. The molecular weight excluding hydrogens is 458 g/mol. The average molecular weight is 494 g/mol. The van der Waals surface area contributed by atoms with E-state index in [0.717, 1.165) is 37.3 Å². The summed E-state index contributed by atoms with van der Waals surface area (Å²) in [6.45, 7) is 10.1. The number of carbonyl (C=O) groups excluding carboxylic acids is 2. The molecule has 2 aromatic rings. The minimum absolute atomic E-state index is 0.0491. The SMILES string of the molecule is C=CC(=O)N1CCN(c2nc(Nc3ccc(C(=O)NC4CCN(C)CC4)cc3OC)ncc2C)CC1. The Morgan fingerprint density at radius 1 is 1.14 bits per heavy atom. The summed E-state index contributed by atoms with van der Waals surface area (Å²) in [5.74, 6) is 1.64. The fourth-order valence-electron chi connectivity index (χ4n) is 4.56. The molecule has 4 rings (SSSR count). The highest BCUT2D eigenvalue weighted by atomic mass is 16.5. The fourth-order valence-corrected chi connectivity index (χ4v) is 4.56. The van der Waals surface area contributed by atoms with Crippen molar-refractivity contribution in [2.24, 2.45) is 0 Å². The summed E-state index contributed by atoms with van der Waals surface area (Å²) in [5, 5.41) is 6.37. The van der Waals surface area contributed by atoms with E-state index in [2.05, 4.69) is 39.0 Å². The van der Waals surface area contributed by atoms with Crippen molar-refractivity contribution in [3.63, 3.8) is 0 Å². The Morgan fingerprint density at radius 2 is 1.86 bits per heavy atom. The van der Waals surface area contributed by atoms with Crippen LogP contribution in [0.2, 0.25) is 0 Å². The van der Waals surface area contributed by atoms with Gasteiger partial charge in [0.15, 0.2) is 0 Å². The molecule has 0 spiro atoms. The fraction of sp³-hybridized carbons (Fsp3) is 0.462. The van der Waals surface area contributed by atoms with Gasteiger partial charge in [0.05, 0.1) is 12.8 Å². The van der Waals surface area contributed by atoms with Crippen molar-refractivity contribution in [3.8, 4) is 5.75 Å². The van der Waals surface area contributed by atoms with Gasteiger partial charge in [-0.1, -0.05) is 6.58 Å². The maximum absolute atomic E-state index is 12.8. The van der Waals surface area contributed by atoms with Crippen molar-refractivity contribution in [1.82, 2.24) is 25.1 Å². The van der Waals surface area contributed by atoms with E-state index in [-0.39, 0.29) is 17.9 Å². The standard InChI is InChI=1S/C26H35N7O3/c1-5-23(34)32-12-14-33(15-13-32)24-18(2)17-27-26(30-24)29-21-7-6-19(16-22(21)36-4)25(35)28-20-8-10-31(3)11-9-20/h5-7,16-17,20H,1,8-15H2,2-4H3,(H,28,35)(H,27,29,30). The van der Waals surface area contributed by atoms with Crippen LogP contribution in [-0.4, -0.2) is 91.0 Å². The zero-order valence-electron chi connectivity index (χ0n) is 21.3. The summed E-state index contributed by atoms with van der Waals surface area (Å²) in [7, 11) is 3.67. The molecule has 1 aromatic heterocycles. The number of piperidine rings is 1. The lowest BCUT2D eigenvalue weighted by molar-refractivity contribution is -0.126. The Kier molecular flexibility index (Phi) is 8.04. The van der Waals surface area contributed by atoms with Crippen LogP contribution < -0.4 is 20.3 Å². The van der Waals surface area contributed by atoms with E-state index >= 15 is 0 Å². The Labute approximate surface area is 212 Å². The lowest BCUT2D eigenvalue weighted by atomic mass is 10.0. The molecule has 1 aromatic carbocycles. The molecule has 192 valence electrons. The summed E-state index contributed by atoms with van der Waals surface area (Å²) < 4.78 is 5.57. The van der Waals surface area contributed by atoms with Gasteiger partial charge in [0.1, 0.15) is 11.6 Å². The van der Waals surface area contributed by atoms with Crippen LogP contribution in [0.25, 0.3) is 0 Å². The lowest BCUT2D eigenvalue weighted by Crippen LogP contribution is -2.48. The first-order chi connectivity index (χ1) is 17.4. The summed E-state index contributed by atoms with van der Waals surface area (Å²) >= 11 is 0. The number of carbonyl (C=O) groups is 2. The molecule has 2 amide bonds. The molecule has 36 heavy (non-hydrogen) atoms. The molecule has 0 radical (unpaired) electrons. The summed E-state index contributed by atoms with van der Waals surface area (Å²) in [4.78, 5) is 40.1. The third-order valence-electron chi connectivity index (χ3n) is 6.77. The topological polar surface area (TPSA) is 103 Å². The number of nitrogens with zero attached hydrogens (tertiary/aromatic N) is 5. The molecule has 0 atom stereocenters. The third kappa shape index (κ3) is 5.93. The van der Waals surface area contributed by atoms with Crippen LogP contribution in [0.3, 0.4) is 0 Å². The quantitative estimate of drug-likeness (QED) is 0.566. The van der Waals surface area contributed by atoms with Crippen LogP contribution in [-0.2, 0) is 4.79 Å². The van der Waals surface area contributed by atoms with Gasteiger partial charge in [0.2, 0.25) is 11.9 Å². The number of hydrogen-bond donors (Lipinski definition) is 2. The van der Waals surface area contributed by atoms with Gasteiger partial charge < -0.3 is 30.1 Å². The number of piperazine rings is 1. The minimum Gasteiger partial charge on any atom is -0.495 e. The predicted molar refractivity (Wildman–Crippen MR) is 140 cm³/mol. The highest BCUT2D eigenvalue weighted by Gasteiger charge is 2.23. The maximum Gasteiger partial charge on any atom is 0.251 e. The number of amides is 2. The molecule has 0 saturated carbocycles. The number of anilines is 3. The molecule has 2 fully saturated rings. The zero-order chi connectivity index (χ0) is 25.7. The molecule has 0 aliphatic carbocycles. The first-order valence-electron chi connectivity index (χ1n) is 12.3. The third-order valence-corrected chi connectivity index (χ3v) is 6.77. The van der Waals surface area contributed by atoms with Crippen LogP contribution in [0.15, 0.2) is 37.1 Å². The van der Waals surface area contributed by atoms with Crippen LogP contribution in [0.4, 0.5) is 17.5 Å². The van der Waals surface area contributed by atoms with Crippen LogP contribution >= 0.6 is 0 Å². The van der Waals surface area contributed by atoms with E-state index in [4.69, 9.17) is 9.72 Å². The molecule has 2 aliphatic heterocycles. The van der Waals surface area contributed by atoms with Crippen molar-refractivity contribution in [3.05, 3.63) is 48.2 Å². The van der Waals surface area contributed by atoms with Crippen molar-refractivity contribution >= 4 is 29.3 Å². The number of aromatic nitrogens is 2. The van der Waals surface area contributed by atoms with Gasteiger partial charge in [-0.3, -0.25) is 9.59 Å². The number of ether oxygens (including phenoxy) is 1. The highest BCUT2D eigenvalue weighted by Crippen LogP contribution is 2.29. The van der Waals surface area contributed by atoms with Crippen molar-refractivity contribution in [2.75, 3.05) is 63.6 Å². The summed E-state index contributed by atoms with van der Waals surface area (Å²) in [5.41, 5.74) is 2.18. The van der Waals surface area contributed by atoms with E-state index < -0.39 is 0 Å². The van der Waals surface area contributed by atoms with Gasteiger partial charge in [-0.05, 0) is 64.2 Å². The molecule has 10 nitrogen and oxygen atoms in total. The zero-order valence-corrected chi connectivity index (χ0v) is 21.3. The monoisotopic (exact) mass is 493 g/mol. The Balaban J connectivity index is 1.44. The van der Waals surface area contributed by atoms with E-state index in [1.807, 2.05) is 13.0 Å². The van der Waals surface area contributed by atoms with Crippen molar-refractivity contribution in [2.45, 2.75) is 25.8 Å². The van der Waals surface area contributed by atoms with Gasteiger partial charge >= 0.3 is 0 Å². The molecule has 3 heterocycles. The van der Waals surface area contributed by atoms with Gasteiger partial charge in [-0.2, -0.15) is 4.98 Å². The second-order valence-electron chi connectivity index (χ2n) is 9.31. The highest BCUT2D eigenvalue weighted by molar-refractivity contribution is 5.95. The van der Waals surface area contributed by atoms with Crippen LogP contribution in [0.1, 0.15) is 28.8 Å². The maximum atomic E-state index is 12.8. The number of aryl methyl sites for hydroxylation is 1. The van der Waals surface area contributed by atoms with Gasteiger partial charge in [-0.25, -0.2) is 4.98 Å². The number of likely N-dealkylation sites (tertiary alicyclic amines) is 1. The normalized spacial score (nSPS) is 17.0. The summed E-state index contributed by atoms with van der Waals surface area (Å²) in [6, 6.07) is 5.51. The van der Waals surface area contributed by atoms with Gasteiger partial charge in [0, 0.05) is 49.5 Å². The number of methoxy groups -OCH3 is 1. The van der Waals surface area contributed by atoms with Gasteiger partial charge in [-0.15, -0.1) is 0 Å². The molecular formula is C26H35N7O3. The first-order valence-corrected chi connectivity index (χ1v) is 12.3. The largest absolute Gasteiger partial charge is 0.495 e. The summed E-state index contributed by atoms with van der Waals surface area (Å²) in [6.07, 6.45) is 5.03. The molecule has 2 N–H and O–H groups in total. The number of hydrogen-bond acceptors (Lipinski definition) is 8. The molecule has 2 saturated heterocycles. The second-order valence-corrected chi connectivity index (χ2v) is 9.31. The number of rotatable bonds is 7. The Bertz CT molecular complexity index is 1110. The smallest absolute Gasteiger partial charge is 0.251 e.